The summed E-state index contributed by atoms with van der Waals surface area (Å²) in [5.41, 5.74) is 7.17. The van der Waals surface area contributed by atoms with Gasteiger partial charge in [-0.2, -0.15) is 5.26 Å². The van der Waals surface area contributed by atoms with Gasteiger partial charge in [0.25, 0.3) is 0 Å². The number of fused-ring (bicyclic) bond motifs is 2. The number of aromatic carboxylic acids is 1. The molecule has 3 aliphatic rings. The van der Waals surface area contributed by atoms with Gasteiger partial charge in [0.05, 0.1) is 29.8 Å². The minimum Gasteiger partial charge on any atom is -0.478 e. The van der Waals surface area contributed by atoms with Crippen molar-refractivity contribution in [3.8, 4) is 6.07 Å². The summed E-state index contributed by atoms with van der Waals surface area (Å²) in [5.74, 6) is -1.24. The fourth-order valence-corrected chi connectivity index (χ4v) is 5.20. The number of hydrogen-bond donors (Lipinski definition) is 2. The highest BCUT2D eigenvalue weighted by molar-refractivity contribution is 5.88. The van der Waals surface area contributed by atoms with E-state index >= 15 is 0 Å². The number of carboxylic acid groups (broad SMARTS) is 1. The van der Waals surface area contributed by atoms with Gasteiger partial charge in [-0.15, -0.1) is 0 Å². The maximum absolute atomic E-state index is 13.1. The highest BCUT2D eigenvalue weighted by Gasteiger charge is 2.51. The van der Waals surface area contributed by atoms with Gasteiger partial charge in [-0.1, -0.05) is 12.1 Å². The maximum Gasteiger partial charge on any atom is 0.335 e. The average Bonchev–Trinajstić information content (AvgIpc) is 3.47. The van der Waals surface area contributed by atoms with Crippen molar-refractivity contribution >= 4 is 17.8 Å². The Morgan fingerprint density at radius 3 is 2.84 bits per heavy atom. The first-order valence-electron chi connectivity index (χ1n) is 10.7. The van der Waals surface area contributed by atoms with Crippen molar-refractivity contribution in [2.24, 2.45) is 5.73 Å². The van der Waals surface area contributed by atoms with E-state index in [0.717, 1.165) is 12.0 Å². The van der Waals surface area contributed by atoms with Crippen molar-refractivity contribution in [1.29, 1.82) is 5.26 Å². The van der Waals surface area contributed by atoms with Crippen LogP contribution in [0.2, 0.25) is 0 Å². The van der Waals surface area contributed by atoms with Crippen LogP contribution in [0.3, 0.4) is 0 Å². The number of carbonyl (C=O) groups is 3. The second-order valence-corrected chi connectivity index (χ2v) is 8.64. The van der Waals surface area contributed by atoms with Crippen LogP contribution in [-0.4, -0.2) is 81.4 Å². The molecule has 4 rings (SSSR count). The van der Waals surface area contributed by atoms with Crippen molar-refractivity contribution in [3.05, 3.63) is 35.4 Å². The summed E-state index contributed by atoms with van der Waals surface area (Å²) in [6.07, 6.45) is 2.16. The van der Waals surface area contributed by atoms with Gasteiger partial charge in [-0.05, 0) is 43.9 Å². The van der Waals surface area contributed by atoms with Gasteiger partial charge in [0.1, 0.15) is 6.04 Å². The predicted molar refractivity (Wildman–Crippen MR) is 111 cm³/mol. The smallest absolute Gasteiger partial charge is 0.335 e. The molecular formula is C22H27N5O4. The molecule has 0 spiro atoms. The molecule has 3 heterocycles. The largest absolute Gasteiger partial charge is 0.478 e. The van der Waals surface area contributed by atoms with E-state index in [1.54, 1.807) is 17.0 Å². The molecule has 5 atom stereocenters. The van der Waals surface area contributed by atoms with Crippen LogP contribution in [0.5, 0.6) is 0 Å². The SMILES string of the molecule is CC(c1cccc(C(=O)O)c1)N1C(=O)C2CC1CN2C[C@H](N)C(=O)N1CCCC1C#N. The van der Waals surface area contributed by atoms with Crippen LogP contribution in [-0.2, 0) is 9.59 Å². The molecule has 164 valence electrons. The first-order chi connectivity index (χ1) is 14.8. The van der Waals surface area contributed by atoms with Crippen LogP contribution in [0.25, 0.3) is 0 Å². The Bertz CT molecular complexity index is 944. The number of nitriles is 1. The van der Waals surface area contributed by atoms with E-state index in [-0.39, 0.29) is 42.0 Å². The van der Waals surface area contributed by atoms with Crippen LogP contribution in [0.15, 0.2) is 24.3 Å². The summed E-state index contributed by atoms with van der Waals surface area (Å²) in [7, 11) is 0. The summed E-state index contributed by atoms with van der Waals surface area (Å²) >= 11 is 0. The zero-order chi connectivity index (χ0) is 22.3. The van der Waals surface area contributed by atoms with Crippen molar-refractivity contribution < 1.29 is 19.5 Å². The summed E-state index contributed by atoms with van der Waals surface area (Å²) < 4.78 is 0. The number of benzene rings is 1. The number of rotatable bonds is 6. The molecule has 3 fully saturated rings. The van der Waals surface area contributed by atoms with Gasteiger partial charge in [-0.25, -0.2) is 4.79 Å². The maximum atomic E-state index is 13.1. The number of hydrogen-bond acceptors (Lipinski definition) is 6. The normalized spacial score (nSPS) is 27.4. The zero-order valence-electron chi connectivity index (χ0n) is 17.5. The van der Waals surface area contributed by atoms with E-state index in [1.165, 1.54) is 6.07 Å². The molecular weight excluding hydrogens is 398 g/mol. The third-order valence-corrected chi connectivity index (χ3v) is 6.78. The molecule has 2 amide bonds. The van der Waals surface area contributed by atoms with Gasteiger partial charge in [0.15, 0.2) is 0 Å². The summed E-state index contributed by atoms with van der Waals surface area (Å²) in [5, 5.41) is 18.5. The second-order valence-electron chi connectivity index (χ2n) is 8.64. The molecule has 3 saturated heterocycles. The molecule has 4 unspecified atom stereocenters. The van der Waals surface area contributed by atoms with Crippen LogP contribution in [0.1, 0.15) is 48.1 Å². The number of likely N-dealkylation sites (tertiary alicyclic amines) is 3. The van der Waals surface area contributed by atoms with E-state index in [0.29, 0.717) is 25.9 Å². The Balaban J connectivity index is 1.41. The lowest BCUT2D eigenvalue weighted by Crippen LogP contribution is -2.56. The molecule has 9 nitrogen and oxygen atoms in total. The van der Waals surface area contributed by atoms with Crippen LogP contribution >= 0.6 is 0 Å². The summed E-state index contributed by atoms with van der Waals surface area (Å²) in [4.78, 5) is 42.5. The number of nitrogens with zero attached hydrogens (tertiary/aromatic N) is 4. The zero-order valence-corrected chi connectivity index (χ0v) is 17.5. The van der Waals surface area contributed by atoms with Gasteiger partial charge in [-0.3, -0.25) is 14.5 Å². The molecule has 3 N–H and O–H groups in total. The van der Waals surface area contributed by atoms with Gasteiger partial charge in [0.2, 0.25) is 11.8 Å². The number of amides is 2. The molecule has 9 heteroatoms. The summed E-state index contributed by atoms with van der Waals surface area (Å²) in [6.45, 7) is 3.38. The molecule has 0 radical (unpaired) electrons. The van der Waals surface area contributed by atoms with Gasteiger partial charge < -0.3 is 20.6 Å². The van der Waals surface area contributed by atoms with Crippen LogP contribution in [0.4, 0.5) is 0 Å². The first-order valence-corrected chi connectivity index (χ1v) is 10.7. The molecule has 0 aliphatic carbocycles. The van der Waals surface area contributed by atoms with Gasteiger partial charge in [0, 0.05) is 25.7 Å². The molecule has 31 heavy (non-hydrogen) atoms. The Hall–Kier alpha value is -2.96. The lowest BCUT2D eigenvalue weighted by atomic mass is 10.0. The number of carbonyl (C=O) groups excluding carboxylic acids is 2. The predicted octanol–water partition coefficient (Wildman–Crippen LogP) is 0.573. The number of nitrogens with two attached hydrogens (primary N) is 1. The first kappa shape index (κ1) is 21.3. The summed E-state index contributed by atoms with van der Waals surface area (Å²) in [6, 6.07) is 7.11. The Kier molecular flexibility index (Phi) is 5.69. The quantitative estimate of drug-likeness (QED) is 0.681. The highest BCUT2D eigenvalue weighted by Crippen LogP contribution is 2.38. The fraction of sp³-hybridized carbons (Fsp3) is 0.545. The Morgan fingerprint density at radius 1 is 1.39 bits per heavy atom. The van der Waals surface area contributed by atoms with Crippen LogP contribution < -0.4 is 5.73 Å². The third-order valence-electron chi connectivity index (χ3n) is 6.78. The lowest BCUT2D eigenvalue weighted by molar-refractivity contribution is -0.140. The van der Waals surface area contributed by atoms with E-state index in [2.05, 4.69) is 6.07 Å². The molecule has 0 saturated carbocycles. The Morgan fingerprint density at radius 2 is 2.16 bits per heavy atom. The van der Waals surface area contributed by atoms with E-state index in [9.17, 15) is 24.8 Å². The monoisotopic (exact) mass is 425 g/mol. The van der Waals surface area contributed by atoms with Crippen molar-refractivity contribution in [2.45, 2.75) is 56.4 Å². The minimum absolute atomic E-state index is 0.00179. The van der Waals surface area contributed by atoms with E-state index in [4.69, 9.17) is 5.73 Å². The van der Waals surface area contributed by atoms with Crippen LogP contribution in [0, 0.1) is 11.3 Å². The minimum atomic E-state index is -0.996. The van der Waals surface area contributed by atoms with E-state index < -0.39 is 18.1 Å². The standard InChI is InChI=1S/C22H27N5O4/c1-13(14-4-2-5-15(8-14)22(30)31)27-17-9-19(21(27)29)25(11-17)12-18(24)20(28)26-7-3-6-16(26)10-23/h2,4-5,8,13,16-19H,3,6-7,9,11-12,24H2,1H3,(H,30,31)/t13?,16?,17?,18-,19?/m0/s1. The molecule has 0 aromatic heterocycles. The van der Waals surface area contributed by atoms with Crippen molar-refractivity contribution in [2.75, 3.05) is 19.6 Å². The topological polar surface area (TPSA) is 131 Å². The second kappa shape index (κ2) is 8.29. The number of carboxylic acids is 1. The van der Waals surface area contributed by atoms with Gasteiger partial charge >= 0.3 is 5.97 Å². The molecule has 1 aromatic rings. The fourth-order valence-electron chi connectivity index (χ4n) is 5.20. The average molecular weight is 425 g/mol. The lowest BCUT2D eigenvalue weighted by Gasteiger charge is -2.38. The van der Waals surface area contributed by atoms with Crippen molar-refractivity contribution in [3.63, 3.8) is 0 Å². The number of piperazine rings is 1. The molecule has 2 bridgehead atoms. The third kappa shape index (κ3) is 3.77. The van der Waals surface area contributed by atoms with E-state index in [1.807, 2.05) is 22.8 Å². The highest BCUT2D eigenvalue weighted by atomic mass is 16.4. The Labute approximate surface area is 181 Å². The molecule has 1 aromatic carbocycles. The van der Waals surface area contributed by atoms with Crippen molar-refractivity contribution in [1.82, 2.24) is 14.7 Å². The molecule has 3 aliphatic heterocycles.